The average molecular weight is 1150 g/mol. The number of nitrogens with zero attached hydrogens (tertiary/aromatic N) is 8. The lowest BCUT2D eigenvalue weighted by molar-refractivity contribution is -0.396. The number of hydrogen-bond donors (Lipinski definition) is 0. The summed E-state index contributed by atoms with van der Waals surface area (Å²) in [5, 5.41) is 94.9. The molecule has 28 nitrogen and oxygen atoms in total. The predicted octanol–water partition coefficient (Wildman–Crippen LogP) is 8.62. The molecule has 0 bridgehead atoms. The third kappa shape index (κ3) is 13.4. The zero-order valence-corrected chi connectivity index (χ0v) is 44.0. The Morgan fingerprint density at radius 3 is 0.744 bits per heavy atom. The molecule has 0 spiro atoms. The van der Waals surface area contributed by atoms with Gasteiger partial charge in [-0.05, 0) is 45.0 Å². The van der Waals surface area contributed by atoms with Gasteiger partial charge in [0, 0.05) is 36.4 Å². The van der Waals surface area contributed by atoms with Crippen LogP contribution < -0.4 is 20.7 Å². The van der Waals surface area contributed by atoms with Crippen molar-refractivity contribution in [1.29, 1.82) is 0 Å². The van der Waals surface area contributed by atoms with Gasteiger partial charge in [-0.3, -0.25) is 80.9 Å². The Kier molecular flexibility index (Phi) is 18.9. The molecule has 0 N–H and O–H groups in total. The Bertz CT molecular complexity index is 3420. The lowest BCUT2D eigenvalue weighted by atomic mass is 10.1. The molecule has 82 heavy (non-hydrogen) atoms. The van der Waals surface area contributed by atoms with Gasteiger partial charge in [0.1, 0.15) is 11.1 Å². The van der Waals surface area contributed by atoms with Gasteiger partial charge in [0.05, 0.1) is 89.1 Å². The molecule has 0 aliphatic carbocycles. The molecule has 0 atom stereocenters. The Morgan fingerprint density at radius 2 is 0.512 bits per heavy atom. The van der Waals surface area contributed by atoms with Crippen LogP contribution in [0.15, 0.2) is 194 Å². The van der Waals surface area contributed by atoms with Crippen molar-refractivity contribution >= 4 is 83.4 Å². The van der Waals surface area contributed by atoms with Crippen molar-refractivity contribution in [3.8, 4) is 0 Å². The maximum absolute atomic E-state index is 11.8. The van der Waals surface area contributed by atoms with Crippen LogP contribution in [0.1, 0.15) is 22.3 Å². The van der Waals surface area contributed by atoms with E-state index in [0.717, 1.165) is 48.5 Å². The summed E-state index contributed by atoms with van der Waals surface area (Å²) in [6.45, 7) is -2.04. The highest BCUT2D eigenvalue weighted by molar-refractivity contribution is 6.93. The molecule has 0 aromatic heterocycles. The summed E-state index contributed by atoms with van der Waals surface area (Å²) in [6.07, 6.45) is 0. The van der Waals surface area contributed by atoms with Crippen molar-refractivity contribution in [3.05, 3.63) is 297 Å². The summed E-state index contributed by atoms with van der Waals surface area (Å²) in [6, 6.07) is 47.3. The highest BCUT2D eigenvalue weighted by Gasteiger charge is 2.46. The number of benzene rings is 8. The van der Waals surface area contributed by atoms with E-state index in [4.69, 9.17) is 17.7 Å². The van der Waals surface area contributed by atoms with E-state index in [1.807, 2.05) is 0 Å². The Morgan fingerprint density at radius 1 is 0.268 bits per heavy atom. The molecule has 0 unspecified atom stereocenters. The standard InChI is InChI=1S/2C26H20N4O10Si/c31-27(32)23-13-7-14-24(28(33)34)21(23)17-39-41(19-9-3-1-4-10-19,20-11-5-2-6-12-20)40-18-22-25(29(35)36)15-8-16-26(22)30(37)38;31-27(32)21-13-11-19(25(15-21)29(35)36)17-39-41(23-7-3-1-4-8-23,24-9-5-2-6-10-24)40-18-20-12-14-22(28(33)34)16-26(20)30(37)38/h2*1-16H,17-18H2. The number of non-ortho nitro benzene ring substituents is 2. The summed E-state index contributed by atoms with van der Waals surface area (Å²) in [7, 11) is -7.85. The van der Waals surface area contributed by atoms with Gasteiger partial charge in [-0.1, -0.05) is 121 Å². The van der Waals surface area contributed by atoms with Crippen LogP contribution in [0.5, 0.6) is 0 Å². The molecule has 8 aromatic rings. The molecule has 0 fully saturated rings. The van der Waals surface area contributed by atoms with E-state index in [0.29, 0.717) is 20.7 Å². The molecular weight excluding hydrogens is 1110 g/mol. The summed E-state index contributed by atoms with van der Waals surface area (Å²) in [5.41, 5.74) is -4.66. The first-order chi connectivity index (χ1) is 39.3. The largest absolute Gasteiger partial charge is 0.407 e. The lowest BCUT2D eigenvalue weighted by Gasteiger charge is -2.31. The number of hydrogen-bond acceptors (Lipinski definition) is 20. The fourth-order valence-electron chi connectivity index (χ4n) is 8.44. The molecule has 0 aliphatic rings. The highest BCUT2D eigenvalue weighted by atomic mass is 28.4. The third-order valence-corrected chi connectivity index (χ3v) is 18.9. The van der Waals surface area contributed by atoms with Crippen LogP contribution in [0.2, 0.25) is 0 Å². The van der Waals surface area contributed by atoms with Crippen LogP contribution in [-0.2, 0) is 44.1 Å². The lowest BCUT2D eigenvalue weighted by Crippen LogP contribution is -2.63. The van der Waals surface area contributed by atoms with Crippen LogP contribution in [0.25, 0.3) is 0 Å². The molecule has 0 aliphatic heterocycles. The SMILES string of the molecule is O=[N+]([O-])c1ccc(CO[Si](OCc2ccc([N+](=O)[O-])cc2[N+](=O)[O-])(c2ccccc2)c2ccccc2)c([N+](=O)[O-])c1.O=[N+]([O-])c1cccc([N+](=O)[O-])c1CO[Si](OCc1c([N+](=O)[O-])cccc1[N+](=O)[O-])(c1ccccc1)c1ccccc1. The van der Waals surface area contributed by atoms with E-state index in [1.165, 1.54) is 24.3 Å². The molecular formula is C52H40N8O20Si2. The molecule has 0 saturated heterocycles. The summed E-state index contributed by atoms with van der Waals surface area (Å²) in [5.74, 6) is 0. The Labute approximate surface area is 462 Å². The van der Waals surface area contributed by atoms with Gasteiger partial charge in [-0.2, -0.15) is 0 Å². The van der Waals surface area contributed by atoms with Gasteiger partial charge < -0.3 is 17.7 Å². The first-order valence-electron chi connectivity index (χ1n) is 23.7. The van der Waals surface area contributed by atoms with Gasteiger partial charge >= 0.3 is 17.1 Å². The van der Waals surface area contributed by atoms with Crippen LogP contribution in [0.4, 0.5) is 45.5 Å². The zero-order valence-electron chi connectivity index (χ0n) is 42.0. The minimum atomic E-state index is -4.03. The van der Waals surface area contributed by atoms with E-state index in [-0.39, 0.29) is 35.5 Å². The van der Waals surface area contributed by atoms with Gasteiger partial charge in [-0.15, -0.1) is 0 Å². The molecule has 8 rings (SSSR count). The maximum Gasteiger partial charge on any atom is 0.407 e. The Balaban J connectivity index is 0.000000236. The number of rotatable bonds is 24. The normalized spacial score (nSPS) is 11.1. The molecule has 30 heteroatoms. The van der Waals surface area contributed by atoms with Gasteiger partial charge in [0.25, 0.3) is 45.5 Å². The van der Waals surface area contributed by atoms with E-state index in [1.54, 1.807) is 121 Å². The zero-order chi connectivity index (χ0) is 59.1. The summed E-state index contributed by atoms with van der Waals surface area (Å²) < 4.78 is 25.6. The monoisotopic (exact) mass is 1150 g/mol. The van der Waals surface area contributed by atoms with Crippen LogP contribution in [0.3, 0.4) is 0 Å². The van der Waals surface area contributed by atoms with Crippen LogP contribution >= 0.6 is 0 Å². The van der Waals surface area contributed by atoms with Gasteiger partial charge in [0.15, 0.2) is 0 Å². The number of nitro benzene ring substituents is 8. The second-order valence-corrected chi connectivity index (χ2v) is 23.0. The maximum atomic E-state index is 11.8. The molecule has 8 aromatic carbocycles. The highest BCUT2D eigenvalue weighted by Crippen LogP contribution is 2.34. The quantitative estimate of drug-likeness (QED) is 0.0310. The van der Waals surface area contributed by atoms with Crippen molar-refractivity contribution in [2.75, 3.05) is 0 Å². The minimum absolute atomic E-state index is 0.0502. The molecule has 416 valence electrons. The van der Waals surface area contributed by atoms with Gasteiger partial charge in [-0.25, -0.2) is 0 Å². The number of nitro groups is 8. The third-order valence-electron chi connectivity index (χ3n) is 12.3. The van der Waals surface area contributed by atoms with Crippen molar-refractivity contribution in [3.63, 3.8) is 0 Å². The molecule has 0 heterocycles. The van der Waals surface area contributed by atoms with Crippen molar-refractivity contribution in [2.45, 2.75) is 26.4 Å². The van der Waals surface area contributed by atoms with Gasteiger partial charge in [0.2, 0.25) is 0 Å². The topological polar surface area (TPSA) is 382 Å². The van der Waals surface area contributed by atoms with Crippen molar-refractivity contribution in [1.82, 2.24) is 0 Å². The first-order valence-corrected chi connectivity index (χ1v) is 27.3. The van der Waals surface area contributed by atoms with E-state index < -0.39 is 115 Å². The minimum Gasteiger partial charge on any atom is -0.383 e. The van der Waals surface area contributed by atoms with Crippen molar-refractivity contribution < 1.29 is 57.1 Å². The summed E-state index contributed by atoms with van der Waals surface area (Å²) in [4.78, 5) is 86.8. The van der Waals surface area contributed by atoms with E-state index >= 15 is 0 Å². The van der Waals surface area contributed by atoms with E-state index in [2.05, 4.69) is 0 Å². The smallest absolute Gasteiger partial charge is 0.383 e. The Hall–Kier alpha value is -10.8. The summed E-state index contributed by atoms with van der Waals surface area (Å²) >= 11 is 0. The van der Waals surface area contributed by atoms with Crippen LogP contribution in [-0.4, -0.2) is 56.5 Å². The predicted molar refractivity (Wildman–Crippen MR) is 294 cm³/mol. The fourth-order valence-corrected chi connectivity index (χ4v) is 14.5. The van der Waals surface area contributed by atoms with Crippen molar-refractivity contribution in [2.24, 2.45) is 0 Å². The average Bonchev–Trinajstić information content (AvgIpc) is 3.66. The van der Waals surface area contributed by atoms with E-state index in [9.17, 15) is 80.9 Å². The molecule has 0 saturated carbocycles. The molecule has 0 radical (unpaired) electrons. The molecule has 0 amide bonds. The fraction of sp³-hybridized carbons (Fsp3) is 0.0769. The second-order valence-electron chi connectivity index (χ2n) is 17.1. The van der Waals surface area contributed by atoms with Crippen LogP contribution in [0, 0.1) is 80.9 Å². The first kappa shape index (κ1) is 58.9. The second kappa shape index (κ2) is 26.3.